The van der Waals surface area contributed by atoms with Crippen molar-refractivity contribution in [1.82, 2.24) is 14.5 Å². The molecule has 0 atom stereocenters. The molecule has 1 aromatic carbocycles. The Morgan fingerprint density at radius 1 is 1.24 bits per heavy atom. The van der Waals surface area contributed by atoms with Crippen LogP contribution in [0.15, 0.2) is 42.0 Å². The van der Waals surface area contributed by atoms with Crippen molar-refractivity contribution >= 4 is 28.1 Å². The average Bonchev–Trinajstić information content (AvgIpc) is 3.34. The lowest BCUT2D eigenvalue weighted by Gasteiger charge is -2.11. The number of aromatic nitrogens is 3. The third-order valence-corrected chi connectivity index (χ3v) is 5.73. The second-order valence-corrected chi connectivity index (χ2v) is 7.62. The van der Waals surface area contributed by atoms with E-state index in [1.807, 2.05) is 35.1 Å². The fourth-order valence-corrected chi connectivity index (χ4v) is 4.15. The number of aryl methyl sites for hydroxylation is 1. The Hall–Kier alpha value is -2.97. The Balaban J connectivity index is 1.51. The topological polar surface area (TPSA) is 72.2 Å². The van der Waals surface area contributed by atoms with Crippen LogP contribution in [0.2, 0.25) is 0 Å². The van der Waals surface area contributed by atoms with E-state index in [0.717, 1.165) is 27.2 Å². The van der Waals surface area contributed by atoms with Gasteiger partial charge in [0.15, 0.2) is 0 Å². The molecule has 0 amide bonds. The number of benzene rings is 1. The lowest BCUT2D eigenvalue weighted by atomic mass is 10.2. The SMILES string of the molecule is COc1ccc(F)c2c1cc(C)n2CCNc1cc(-c2csc(CO)c2)ncn1. The maximum Gasteiger partial charge on any atom is 0.147 e. The van der Waals surface area contributed by atoms with E-state index in [4.69, 9.17) is 4.74 Å². The third-order valence-electron chi connectivity index (χ3n) is 4.81. The van der Waals surface area contributed by atoms with Gasteiger partial charge in [-0.15, -0.1) is 11.3 Å². The molecule has 3 heterocycles. The molecule has 4 aromatic rings. The minimum atomic E-state index is -0.268. The highest BCUT2D eigenvalue weighted by Crippen LogP contribution is 2.31. The Labute approximate surface area is 171 Å². The molecular formula is C21H21FN4O2S. The van der Waals surface area contributed by atoms with Crippen LogP contribution in [-0.2, 0) is 13.2 Å². The summed E-state index contributed by atoms with van der Waals surface area (Å²) in [5.41, 5.74) is 3.24. The smallest absolute Gasteiger partial charge is 0.147 e. The van der Waals surface area contributed by atoms with Crippen LogP contribution in [0.5, 0.6) is 5.75 Å². The average molecular weight is 412 g/mol. The fourth-order valence-electron chi connectivity index (χ4n) is 3.41. The number of hydrogen-bond acceptors (Lipinski definition) is 6. The van der Waals surface area contributed by atoms with Crippen molar-refractivity contribution in [1.29, 1.82) is 0 Å². The van der Waals surface area contributed by atoms with Gasteiger partial charge in [0.2, 0.25) is 0 Å². The molecule has 0 spiro atoms. The maximum absolute atomic E-state index is 14.5. The van der Waals surface area contributed by atoms with Gasteiger partial charge in [0.05, 0.1) is 24.9 Å². The molecular weight excluding hydrogens is 391 g/mol. The number of ether oxygens (including phenoxy) is 1. The largest absolute Gasteiger partial charge is 0.496 e. The van der Waals surface area contributed by atoms with Gasteiger partial charge in [-0.3, -0.25) is 0 Å². The molecule has 6 nitrogen and oxygen atoms in total. The summed E-state index contributed by atoms with van der Waals surface area (Å²) in [6.45, 7) is 3.12. The van der Waals surface area contributed by atoms with Crippen LogP contribution < -0.4 is 10.1 Å². The number of anilines is 1. The Kier molecular flexibility index (Phi) is 5.46. The number of hydrogen-bond donors (Lipinski definition) is 2. The molecule has 2 N–H and O–H groups in total. The van der Waals surface area contributed by atoms with Gasteiger partial charge in [0.1, 0.15) is 23.7 Å². The van der Waals surface area contributed by atoms with E-state index in [-0.39, 0.29) is 12.4 Å². The highest BCUT2D eigenvalue weighted by atomic mass is 32.1. The molecule has 0 radical (unpaired) electrons. The number of nitrogens with zero attached hydrogens (tertiary/aromatic N) is 3. The van der Waals surface area contributed by atoms with Crippen molar-refractivity contribution < 1.29 is 14.2 Å². The van der Waals surface area contributed by atoms with Crippen LogP contribution in [-0.4, -0.2) is 33.3 Å². The molecule has 8 heteroatoms. The van der Waals surface area contributed by atoms with E-state index in [1.165, 1.54) is 23.7 Å². The standard InChI is InChI=1S/C21H21FN4O2S/c1-13-7-16-19(28-2)4-3-17(22)21(16)26(13)6-5-23-20-9-18(24-12-25-20)14-8-15(10-27)29-11-14/h3-4,7-9,11-12,27H,5-6,10H2,1-2H3,(H,23,24,25). The Morgan fingerprint density at radius 2 is 2.10 bits per heavy atom. The Bertz CT molecular complexity index is 1160. The second-order valence-electron chi connectivity index (χ2n) is 6.62. The van der Waals surface area contributed by atoms with E-state index >= 15 is 0 Å². The predicted molar refractivity (Wildman–Crippen MR) is 113 cm³/mol. The zero-order chi connectivity index (χ0) is 20.4. The van der Waals surface area contributed by atoms with E-state index in [9.17, 15) is 9.50 Å². The molecule has 0 aliphatic carbocycles. The van der Waals surface area contributed by atoms with Crippen LogP contribution in [0.25, 0.3) is 22.2 Å². The molecule has 0 saturated heterocycles. The first-order chi connectivity index (χ1) is 14.1. The zero-order valence-corrected chi connectivity index (χ0v) is 17.0. The van der Waals surface area contributed by atoms with Gasteiger partial charge < -0.3 is 19.7 Å². The number of aliphatic hydroxyl groups is 1. The summed E-state index contributed by atoms with van der Waals surface area (Å²) in [6, 6.07) is 8.81. The highest BCUT2D eigenvalue weighted by molar-refractivity contribution is 7.10. The van der Waals surface area contributed by atoms with Gasteiger partial charge in [-0.25, -0.2) is 14.4 Å². The van der Waals surface area contributed by atoms with Crippen molar-refractivity contribution in [2.45, 2.75) is 20.1 Å². The molecule has 0 bridgehead atoms. The maximum atomic E-state index is 14.5. The highest BCUT2D eigenvalue weighted by Gasteiger charge is 2.14. The van der Waals surface area contributed by atoms with Gasteiger partial charge >= 0.3 is 0 Å². The van der Waals surface area contributed by atoms with Gasteiger partial charge in [0.25, 0.3) is 0 Å². The summed E-state index contributed by atoms with van der Waals surface area (Å²) < 4.78 is 21.8. The molecule has 0 aliphatic rings. The van der Waals surface area contributed by atoms with Crippen LogP contribution in [0.1, 0.15) is 10.6 Å². The van der Waals surface area contributed by atoms with Crippen LogP contribution in [0.3, 0.4) is 0 Å². The zero-order valence-electron chi connectivity index (χ0n) is 16.1. The lowest BCUT2D eigenvalue weighted by Crippen LogP contribution is -2.13. The van der Waals surface area contributed by atoms with Crippen molar-refractivity contribution in [2.24, 2.45) is 0 Å². The predicted octanol–water partition coefficient (Wildman–Crippen LogP) is 4.22. The molecule has 0 unspecified atom stereocenters. The third kappa shape index (κ3) is 3.81. The van der Waals surface area contributed by atoms with E-state index in [1.54, 1.807) is 13.2 Å². The van der Waals surface area contributed by atoms with E-state index in [0.29, 0.717) is 30.2 Å². The summed E-state index contributed by atoms with van der Waals surface area (Å²) in [5.74, 6) is 1.09. The first kappa shape index (κ1) is 19.4. The monoisotopic (exact) mass is 412 g/mol. The molecule has 4 rings (SSSR count). The molecule has 3 aromatic heterocycles. The van der Waals surface area contributed by atoms with E-state index in [2.05, 4.69) is 15.3 Å². The first-order valence-corrected chi connectivity index (χ1v) is 10.1. The summed E-state index contributed by atoms with van der Waals surface area (Å²) in [5, 5.41) is 15.3. The molecule has 150 valence electrons. The molecule has 0 aliphatic heterocycles. The summed E-state index contributed by atoms with van der Waals surface area (Å²) in [7, 11) is 1.59. The van der Waals surface area contributed by atoms with Crippen LogP contribution in [0.4, 0.5) is 10.2 Å². The van der Waals surface area contributed by atoms with Crippen molar-refractivity contribution in [3.8, 4) is 17.0 Å². The fraction of sp³-hybridized carbons (Fsp3) is 0.238. The van der Waals surface area contributed by atoms with Crippen LogP contribution >= 0.6 is 11.3 Å². The van der Waals surface area contributed by atoms with Crippen LogP contribution in [0, 0.1) is 12.7 Å². The lowest BCUT2D eigenvalue weighted by molar-refractivity contribution is 0.285. The quantitative estimate of drug-likeness (QED) is 0.476. The van der Waals surface area contributed by atoms with E-state index < -0.39 is 0 Å². The number of halogens is 1. The number of methoxy groups -OCH3 is 1. The number of nitrogens with one attached hydrogen (secondary N) is 1. The van der Waals surface area contributed by atoms with Crippen molar-refractivity contribution in [2.75, 3.05) is 19.0 Å². The summed E-state index contributed by atoms with van der Waals surface area (Å²) >= 11 is 1.49. The van der Waals surface area contributed by atoms with Gasteiger partial charge in [-0.2, -0.15) is 0 Å². The second kappa shape index (κ2) is 8.18. The number of aliphatic hydroxyl groups excluding tert-OH is 1. The van der Waals surface area contributed by atoms with Gasteiger partial charge in [-0.05, 0) is 31.2 Å². The minimum absolute atomic E-state index is 0.0202. The van der Waals surface area contributed by atoms with Crippen molar-refractivity contribution in [3.05, 3.63) is 58.4 Å². The molecule has 29 heavy (non-hydrogen) atoms. The number of fused-ring (bicyclic) bond motifs is 1. The van der Waals surface area contributed by atoms with Gasteiger partial charge in [0, 0.05) is 46.1 Å². The normalized spacial score (nSPS) is 11.2. The Morgan fingerprint density at radius 3 is 2.86 bits per heavy atom. The molecule has 0 saturated carbocycles. The number of thiophene rings is 1. The number of rotatable bonds is 7. The molecule has 0 fully saturated rings. The summed E-state index contributed by atoms with van der Waals surface area (Å²) in [4.78, 5) is 9.46. The minimum Gasteiger partial charge on any atom is -0.496 e. The summed E-state index contributed by atoms with van der Waals surface area (Å²) in [6.07, 6.45) is 1.51. The van der Waals surface area contributed by atoms with Crippen molar-refractivity contribution in [3.63, 3.8) is 0 Å². The van der Waals surface area contributed by atoms with Gasteiger partial charge in [-0.1, -0.05) is 0 Å². The first-order valence-electron chi connectivity index (χ1n) is 9.17.